The summed E-state index contributed by atoms with van der Waals surface area (Å²) in [4.78, 5) is 18.4. The molecule has 150 valence electrons. The summed E-state index contributed by atoms with van der Waals surface area (Å²) in [7, 11) is 0. The first-order valence-corrected chi connectivity index (χ1v) is 9.83. The van der Waals surface area contributed by atoms with Gasteiger partial charge < -0.3 is 9.64 Å². The average molecular weight is 404 g/mol. The van der Waals surface area contributed by atoms with E-state index in [0.29, 0.717) is 12.2 Å². The van der Waals surface area contributed by atoms with Gasteiger partial charge in [-0.15, -0.1) is 0 Å². The number of benzene rings is 1. The Morgan fingerprint density at radius 1 is 1.25 bits per heavy atom. The van der Waals surface area contributed by atoms with Crippen LogP contribution in [0.1, 0.15) is 32.0 Å². The number of hydrogen-bond donors (Lipinski definition) is 2. The Kier molecular flexibility index (Phi) is 7.71. The van der Waals surface area contributed by atoms with Crippen molar-refractivity contribution in [2.45, 2.75) is 32.9 Å². The van der Waals surface area contributed by atoms with Gasteiger partial charge in [0.25, 0.3) is 11.3 Å². The molecule has 2 aromatic rings. The molecule has 28 heavy (non-hydrogen) atoms. The van der Waals surface area contributed by atoms with Crippen LogP contribution in [0.3, 0.4) is 0 Å². The molecule has 0 aliphatic heterocycles. The molecule has 0 radical (unpaired) electrons. The fourth-order valence-corrected chi connectivity index (χ4v) is 2.69. The Labute approximate surface area is 167 Å². The topological polar surface area (TPSA) is 91.8 Å². The number of hydrogen-bond acceptors (Lipinski definition) is 5. The number of anilines is 1. The normalized spacial score (nSPS) is 12.6. The average Bonchev–Trinajstić information content (AvgIpc) is 2.59. The largest absolute Gasteiger partial charge is 0.459 e. The minimum atomic E-state index is -2.11. The van der Waals surface area contributed by atoms with Crippen LogP contribution in [-0.2, 0) is 27.3 Å². The van der Waals surface area contributed by atoms with Crippen LogP contribution >= 0.6 is 0 Å². The van der Waals surface area contributed by atoms with Crippen LogP contribution in [0.4, 0.5) is 5.69 Å². The summed E-state index contributed by atoms with van der Waals surface area (Å²) >= 11 is -2.11. The molecular formula is C20H25N3O4S. The zero-order chi connectivity index (χ0) is 20.6. The Hall–Kier alpha value is -2.71. The van der Waals surface area contributed by atoms with Gasteiger partial charge in [-0.05, 0) is 56.7 Å². The van der Waals surface area contributed by atoms with Crippen molar-refractivity contribution >= 4 is 29.0 Å². The zero-order valence-electron chi connectivity index (χ0n) is 16.2. The SMILES string of the molecule is CC(C)(C)OC(=O)CN(C=Cc1ccc(NS(=O)O)cc1)Cc1ccccn1. The van der Waals surface area contributed by atoms with E-state index in [9.17, 15) is 9.00 Å². The molecule has 1 atom stereocenters. The van der Waals surface area contributed by atoms with E-state index in [1.807, 2.05) is 56.1 Å². The molecule has 2 rings (SSSR count). The van der Waals surface area contributed by atoms with Crippen LogP contribution < -0.4 is 4.72 Å². The molecule has 0 saturated carbocycles. The molecule has 1 aromatic carbocycles. The van der Waals surface area contributed by atoms with Crippen molar-refractivity contribution < 1.29 is 18.3 Å². The lowest BCUT2D eigenvalue weighted by atomic mass is 10.2. The van der Waals surface area contributed by atoms with Crippen LogP contribution in [0, 0.1) is 0 Å². The summed E-state index contributed by atoms with van der Waals surface area (Å²) < 4.78 is 27.4. The van der Waals surface area contributed by atoms with Crippen molar-refractivity contribution in [2.75, 3.05) is 11.3 Å². The number of esters is 1. The van der Waals surface area contributed by atoms with Crippen molar-refractivity contribution in [3.8, 4) is 0 Å². The van der Waals surface area contributed by atoms with E-state index in [1.54, 1.807) is 30.5 Å². The van der Waals surface area contributed by atoms with Crippen LogP contribution in [-0.4, -0.2) is 36.8 Å². The van der Waals surface area contributed by atoms with Crippen molar-refractivity contribution in [1.29, 1.82) is 0 Å². The molecule has 0 bridgehead atoms. The Morgan fingerprint density at radius 2 is 1.96 bits per heavy atom. The van der Waals surface area contributed by atoms with Crippen LogP contribution in [0.25, 0.3) is 6.08 Å². The van der Waals surface area contributed by atoms with E-state index in [2.05, 4.69) is 9.71 Å². The fourth-order valence-electron chi connectivity index (χ4n) is 2.36. The third kappa shape index (κ3) is 8.32. The minimum Gasteiger partial charge on any atom is -0.459 e. The number of aromatic nitrogens is 1. The van der Waals surface area contributed by atoms with Gasteiger partial charge in [-0.3, -0.25) is 19.1 Å². The molecule has 0 aliphatic carbocycles. The number of carbonyl (C=O) groups is 1. The quantitative estimate of drug-likeness (QED) is 0.518. The maximum atomic E-state index is 12.2. The fraction of sp³-hybridized carbons (Fsp3) is 0.300. The molecule has 0 saturated heterocycles. The van der Waals surface area contributed by atoms with Crippen molar-refractivity contribution in [3.63, 3.8) is 0 Å². The monoisotopic (exact) mass is 403 g/mol. The molecule has 2 N–H and O–H groups in total. The lowest BCUT2D eigenvalue weighted by molar-refractivity contribution is -0.155. The Morgan fingerprint density at radius 3 is 2.54 bits per heavy atom. The maximum absolute atomic E-state index is 12.2. The van der Waals surface area contributed by atoms with Gasteiger partial charge in [0.2, 0.25) is 0 Å². The highest BCUT2D eigenvalue weighted by atomic mass is 32.2. The maximum Gasteiger partial charge on any atom is 0.326 e. The van der Waals surface area contributed by atoms with Gasteiger partial charge in [-0.2, -0.15) is 0 Å². The van der Waals surface area contributed by atoms with E-state index < -0.39 is 16.9 Å². The first-order valence-electron chi connectivity index (χ1n) is 8.73. The molecular weight excluding hydrogens is 378 g/mol. The van der Waals surface area contributed by atoms with Crippen LogP contribution in [0.15, 0.2) is 54.9 Å². The number of nitrogens with zero attached hydrogens (tertiary/aromatic N) is 2. The Bertz CT molecular complexity index is 818. The first kappa shape index (κ1) is 21.6. The molecule has 0 aliphatic rings. The lowest BCUT2D eigenvalue weighted by Crippen LogP contribution is -2.32. The van der Waals surface area contributed by atoms with Gasteiger partial charge in [-0.1, -0.05) is 18.2 Å². The van der Waals surface area contributed by atoms with Gasteiger partial charge in [-0.25, -0.2) is 4.21 Å². The molecule has 0 spiro atoms. The van der Waals surface area contributed by atoms with E-state index in [0.717, 1.165) is 11.3 Å². The zero-order valence-corrected chi connectivity index (χ0v) is 17.0. The second-order valence-electron chi connectivity index (χ2n) is 7.10. The minimum absolute atomic E-state index is 0.0908. The third-order valence-corrected chi connectivity index (χ3v) is 3.85. The summed E-state index contributed by atoms with van der Waals surface area (Å²) in [5.41, 5.74) is 1.70. The van der Waals surface area contributed by atoms with E-state index in [-0.39, 0.29) is 12.5 Å². The van der Waals surface area contributed by atoms with E-state index in [1.165, 1.54) is 0 Å². The van der Waals surface area contributed by atoms with Gasteiger partial charge in [0.1, 0.15) is 12.1 Å². The molecule has 1 unspecified atom stereocenters. The van der Waals surface area contributed by atoms with Gasteiger partial charge in [0.15, 0.2) is 0 Å². The van der Waals surface area contributed by atoms with Crippen molar-refractivity contribution in [2.24, 2.45) is 0 Å². The molecule has 1 heterocycles. The van der Waals surface area contributed by atoms with Crippen LogP contribution in [0.2, 0.25) is 0 Å². The highest BCUT2D eigenvalue weighted by molar-refractivity contribution is 7.80. The van der Waals surface area contributed by atoms with E-state index in [4.69, 9.17) is 9.29 Å². The second-order valence-corrected chi connectivity index (χ2v) is 7.80. The number of nitrogens with one attached hydrogen (secondary N) is 1. The highest BCUT2D eigenvalue weighted by Gasteiger charge is 2.18. The molecule has 1 aromatic heterocycles. The third-order valence-electron chi connectivity index (χ3n) is 3.44. The molecule has 0 amide bonds. The molecule has 0 fully saturated rings. The lowest BCUT2D eigenvalue weighted by Gasteiger charge is -2.24. The predicted molar refractivity (Wildman–Crippen MR) is 110 cm³/mol. The van der Waals surface area contributed by atoms with Crippen LogP contribution in [0.5, 0.6) is 0 Å². The predicted octanol–water partition coefficient (Wildman–Crippen LogP) is 3.44. The standard InChI is InChI=1S/C20H25N3O4S/c1-20(2,3)27-19(24)15-23(14-18-6-4-5-12-21-18)13-11-16-7-9-17(10-8-16)22-28(25)26/h4-13,22H,14-15H2,1-3H3,(H,25,26). The number of ether oxygens (including phenoxy) is 1. The first-order chi connectivity index (χ1) is 13.2. The van der Waals surface area contributed by atoms with Gasteiger partial charge in [0, 0.05) is 18.1 Å². The number of rotatable bonds is 8. The summed E-state index contributed by atoms with van der Waals surface area (Å²) in [6.45, 7) is 6.05. The number of carbonyl (C=O) groups excluding carboxylic acids is 1. The molecule has 8 heteroatoms. The van der Waals surface area contributed by atoms with Gasteiger partial charge >= 0.3 is 5.97 Å². The summed E-state index contributed by atoms with van der Waals surface area (Å²) in [5, 5.41) is 0. The van der Waals surface area contributed by atoms with E-state index >= 15 is 0 Å². The van der Waals surface area contributed by atoms with Crippen molar-refractivity contribution in [3.05, 3.63) is 66.1 Å². The number of pyridine rings is 1. The van der Waals surface area contributed by atoms with Crippen molar-refractivity contribution in [1.82, 2.24) is 9.88 Å². The summed E-state index contributed by atoms with van der Waals surface area (Å²) in [6.07, 6.45) is 5.37. The molecule has 7 nitrogen and oxygen atoms in total. The van der Waals surface area contributed by atoms with Gasteiger partial charge in [0.05, 0.1) is 12.2 Å². The summed E-state index contributed by atoms with van der Waals surface area (Å²) in [6, 6.07) is 12.6. The Balaban J connectivity index is 2.10. The smallest absolute Gasteiger partial charge is 0.326 e. The second kappa shape index (κ2) is 10.0. The highest BCUT2D eigenvalue weighted by Crippen LogP contribution is 2.13. The summed E-state index contributed by atoms with van der Waals surface area (Å²) in [5.74, 6) is -0.321.